The number of fused-ring (bicyclic) bond motifs is 1. The predicted molar refractivity (Wildman–Crippen MR) is 76.7 cm³/mol. The second kappa shape index (κ2) is 5.65. The fraction of sp³-hybridized carbons (Fsp3) is 0.357. The highest BCUT2D eigenvalue weighted by atomic mass is 32.1. The Morgan fingerprint density at radius 2 is 2.26 bits per heavy atom. The molecule has 1 aromatic carbocycles. The van der Waals surface area contributed by atoms with Crippen LogP contribution in [-0.4, -0.2) is 17.4 Å². The molecule has 1 aromatic heterocycles. The van der Waals surface area contributed by atoms with E-state index in [-0.39, 0.29) is 17.6 Å². The highest BCUT2D eigenvalue weighted by molar-refractivity contribution is 7.22. The summed E-state index contributed by atoms with van der Waals surface area (Å²) in [6.07, 6.45) is 1.66. The Morgan fingerprint density at radius 1 is 1.53 bits per heavy atom. The zero-order valence-corrected chi connectivity index (χ0v) is 12.0. The summed E-state index contributed by atoms with van der Waals surface area (Å²) in [5.74, 6) is -0.156. The normalized spacial score (nSPS) is 11.2. The first-order valence-corrected chi connectivity index (χ1v) is 7.05. The quantitative estimate of drug-likeness (QED) is 0.856. The molecule has 5 heteroatoms. The van der Waals surface area contributed by atoms with E-state index < -0.39 is 0 Å². The average Bonchev–Trinajstić information content (AvgIpc) is 2.71. The maximum Gasteiger partial charge on any atom is 0.232 e. The summed E-state index contributed by atoms with van der Waals surface area (Å²) in [5, 5.41) is 0.616. The number of nitrogens with zero attached hydrogens (tertiary/aromatic N) is 2. The summed E-state index contributed by atoms with van der Waals surface area (Å²) in [4.78, 5) is 18.1. The number of hydrogen-bond acceptors (Lipinski definition) is 3. The number of rotatable bonds is 4. The molecule has 0 N–H and O–H groups in total. The highest BCUT2D eigenvalue weighted by Crippen LogP contribution is 2.29. The van der Waals surface area contributed by atoms with Crippen LogP contribution in [0.1, 0.15) is 20.8 Å². The van der Waals surface area contributed by atoms with Gasteiger partial charge in [0.05, 0.1) is 16.6 Å². The van der Waals surface area contributed by atoms with Crippen LogP contribution in [0.15, 0.2) is 18.2 Å². The van der Waals surface area contributed by atoms with Gasteiger partial charge in [-0.15, -0.1) is 0 Å². The standard InChI is InChI=1S/C14H16FN2OS/c1-4-17(13(18)7-9(2)3)14-16-11-6-5-10(15)8-12(11)19-14/h5-9H,4H2,1-3H3. The van der Waals surface area contributed by atoms with Gasteiger partial charge in [-0.25, -0.2) is 9.37 Å². The van der Waals surface area contributed by atoms with Crippen LogP contribution in [0.3, 0.4) is 0 Å². The lowest BCUT2D eigenvalue weighted by Crippen LogP contribution is -2.31. The summed E-state index contributed by atoms with van der Waals surface area (Å²) >= 11 is 1.33. The van der Waals surface area contributed by atoms with E-state index in [1.54, 1.807) is 17.4 Å². The Morgan fingerprint density at radius 3 is 2.89 bits per heavy atom. The minimum atomic E-state index is -0.286. The van der Waals surface area contributed by atoms with Gasteiger partial charge in [0.2, 0.25) is 5.91 Å². The molecule has 0 aliphatic rings. The number of benzene rings is 1. The molecule has 1 heterocycles. The van der Waals surface area contributed by atoms with Gasteiger partial charge in [-0.2, -0.15) is 0 Å². The lowest BCUT2D eigenvalue weighted by molar-refractivity contribution is -0.115. The molecule has 1 amide bonds. The van der Waals surface area contributed by atoms with Crippen molar-refractivity contribution in [2.45, 2.75) is 20.8 Å². The molecule has 0 unspecified atom stereocenters. The van der Waals surface area contributed by atoms with Crippen molar-refractivity contribution in [1.29, 1.82) is 0 Å². The molecule has 2 aromatic rings. The molecule has 2 rings (SSSR count). The Hall–Kier alpha value is -1.49. The van der Waals surface area contributed by atoms with E-state index in [0.29, 0.717) is 11.7 Å². The molecule has 0 bridgehead atoms. The molecule has 0 aliphatic heterocycles. The third kappa shape index (κ3) is 3.10. The van der Waals surface area contributed by atoms with Gasteiger partial charge in [0, 0.05) is 6.54 Å². The minimum absolute atomic E-state index is 0.0583. The summed E-state index contributed by atoms with van der Waals surface area (Å²) in [5.41, 5.74) is 0.720. The van der Waals surface area contributed by atoms with Gasteiger partial charge in [-0.1, -0.05) is 25.2 Å². The number of halogens is 1. The van der Waals surface area contributed by atoms with Gasteiger partial charge >= 0.3 is 0 Å². The second-order valence-corrected chi connectivity index (χ2v) is 5.61. The van der Waals surface area contributed by atoms with E-state index in [0.717, 1.165) is 10.2 Å². The Balaban J connectivity index is 2.32. The van der Waals surface area contributed by atoms with Gasteiger partial charge in [0.25, 0.3) is 0 Å². The molecular formula is C14H16FN2OS. The van der Waals surface area contributed by atoms with Gasteiger partial charge in [-0.05, 0) is 31.0 Å². The van der Waals surface area contributed by atoms with Crippen LogP contribution >= 0.6 is 11.3 Å². The second-order valence-electron chi connectivity index (χ2n) is 4.60. The van der Waals surface area contributed by atoms with Gasteiger partial charge in [0.1, 0.15) is 5.82 Å². The zero-order valence-electron chi connectivity index (χ0n) is 11.2. The molecular weight excluding hydrogens is 263 g/mol. The molecule has 3 nitrogen and oxygen atoms in total. The first-order chi connectivity index (χ1) is 9.01. The number of carbonyl (C=O) groups is 1. The van der Waals surface area contributed by atoms with Crippen molar-refractivity contribution < 1.29 is 9.18 Å². The largest absolute Gasteiger partial charge is 0.288 e. The summed E-state index contributed by atoms with van der Waals surface area (Å²) in [7, 11) is 0. The number of carbonyl (C=O) groups excluding carboxylic acids is 1. The minimum Gasteiger partial charge on any atom is -0.288 e. The number of aromatic nitrogens is 1. The van der Waals surface area contributed by atoms with Gasteiger partial charge in [-0.3, -0.25) is 9.69 Å². The lowest BCUT2D eigenvalue weighted by atomic mass is 10.1. The van der Waals surface area contributed by atoms with Gasteiger partial charge in [0.15, 0.2) is 5.13 Å². The van der Waals surface area contributed by atoms with Crippen LogP contribution in [0, 0.1) is 18.2 Å². The Kier molecular flexibility index (Phi) is 4.14. The van der Waals surface area contributed by atoms with E-state index in [2.05, 4.69) is 4.98 Å². The van der Waals surface area contributed by atoms with E-state index in [4.69, 9.17) is 0 Å². The molecule has 0 fully saturated rings. The third-order valence-electron chi connectivity index (χ3n) is 2.63. The van der Waals surface area contributed by atoms with Crippen molar-refractivity contribution in [3.05, 3.63) is 30.4 Å². The molecule has 19 heavy (non-hydrogen) atoms. The first kappa shape index (κ1) is 13.9. The molecule has 0 saturated carbocycles. The number of thiazole rings is 1. The van der Waals surface area contributed by atoms with Crippen LogP contribution < -0.4 is 4.90 Å². The van der Waals surface area contributed by atoms with Crippen LogP contribution in [0.4, 0.5) is 9.52 Å². The molecule has 101 valence electrons. The zero-order chi connectivity index (χ0) is 14.0. The van der Waals surface area contributed by atoms with E-state index >= 15 is 0 Å². The van der Waals surface area contributed by atoms with Crippen molar-refractivity contribution in [3.63, 3.8) is 0 Å². The topological polar surface area (TPSA) is 33.2 Å². The first-order valence-electron chi connectivity index (χ1n) is 6.23. The van der Waals surface area contributed by atoms with Crippen LogP contribution in [0.2, 0.25) is 0 Å². The molecule has 0 saturated heterocycles. The van der Waals surface area contributed by atoms with Crippen molar-refractivity contribution >= 4 is 32.6 Å². The Bertz CT molecular complexity index is 594. The van der Waals surface area contributed by atoms with E-state index in [9.17, 15) is 9.18 Å². The number of anilines is 1. The molecule has 0 spiro atoms. The molecule has 1 radical (unpaired) electrons. The van der Waals surface area contributed by atoms with Gasteiger partial charge < -0.3 is 0 Å². The molecule has 0 atom stereocenters. The smallest absolute Gasteiger partial charge is 0.232 e. The monoisotopic (exact) mass is 279 g/mol. The van der Waals surface area contributed by atoms with Crippen molar-refractivity contribution in [2.24, 2.45) is 5.92 Å². The van der Waals surface area contributed by atoms with Crippen LogP contribution in [0.5, 0.6) is 0 Å². The Labute approximate surface area is 116 Å². The van der Waals surface area contributed by atoms with E-state index in [1.165, 1.54) is 23.5 Å². The summed E-state index contributed by atoms with van der Waals surface area (Å²) < 4.78 is 13.9. The maximum absolute atomic E-state index is 13.2. The highest BCUT2D eigenvalue weighted by Gasteiger charge is 2.19. The van der Waals surface area contributed by atoms with E-state index in [1.807, 2.05) is 20.8 Å². The summed E-state index contributed by atoms with van der Waals surface area (Å²) in [6, 6.07) is 4.46. The van der Waals surface area contributed by atoms with Crippen LogP contribution in [0.25, 0.3) is 10.2 Å². The number of hydrogen-bond donors (Lipinski definition) is 0. The molecule has 0 aliphatic carbocycles. The van der Waals surface area contributed by atoms with Crippen molar-refractivity contribution in [3.8, 4) is 0 Å². The maximum atomic E-state index is 13.2. The summed E-state index contributed by atoms with van der Waals surface area (Å²) in [6.45, 7) is 6.36. The predicted octanol–water partition coefficient (Wildman–Crippen LogP) is 3.65. The number of amides is 1. The average molecular weight is 279 g/mol. The third-order valence-corrected chi connectivity index (χ3v) is 3.67. The SMILES string of the molecule is CCN(C(=O)[CH]C(C)C)c1nc2ccc(F)cc2s1. The van der Waals surface area contributed by atoms with Crippen molar-refractivity contribution in [1.82, 2.24) is 4.98 Å². The van der Waals surface area contributed by atoms with Crippen molar-refractivity contribution in [2.75, 3.05) is 11.4 Å². The lowest BCUT2D eigenvalue weighted by Gasteiger charge is -2.18. The fourth-order valence-corrected chi connectivity index (χ4v) is 2.82. The van der Waals surface area contributed by atoms with Crippen LogP contribution in [-0.2, 0) is 4.79 Å². The fourth-order valence-electron chi connectivity index (χ4n) is 1.76.